The molecule has 1 rings (SSSR count). The van der Waals surface area contributed by atoms with E-state index in [0.29, 0.717) is 6.04 Å². The minimum Gasteiger partial charge on any atom is -0.342 e. The van der Waals surface area contributed by atoms with E-state index < -0.39 is 0 Å². The first-order valence-electron chi connectivity index (χ1n) is 6.17. The number of carbonyl (C=O) groups excluding carboxylic acids is 1. The summed E-state index contributed by atoms with van der Waals surface area (Å²) in [5.74, 6) is 0.274. The molecule has 1 amide bonds. The minimum atomic E-state index is 0.0723. The molecule has 0 aromatic rings. The van der Waals surface area contributed by atoms with Gasteiger partial charge in [-0.3, -0.25) is 4.79 Å². The van der Waals surface area contributed by atoms with Crippen molar-refractivity contribution >= 4 is 5.91 Å². The molecule has 1 heterocycles. The van der Waals surface area contributed by atoms with Crippen LogP contribution in [0.2, 0.25) is 0 Å². The van der Waals surface area contributed by atoms with Crippen LogP contribution in [0.1, 0.15) is 46.0 Å². The second kappa shape index (κ2) is 6.11. The van der Waals surface area contributed by atoms with Crippen LogP contribution >= 0.6 is 0 Å². The summed E-state index contributed by atoms with van der Waals surface area (Å²) in [6.07, 6.45) is 5.62. The van der Waals surface area contributed by atoms with Crippen molar-refractivity contribution in [2.45, 2.75) is 58.0 Å². The molecular weight excluding hydrogens is 188 g/mol. The van der Waals surface area contributed by atoms with Gasteiger partial charge in [0.05, 0.1) is 6.04 Å². The van der Waals surface area contributed by atoms with Gasteiger partial charge in [-0.25, -0.2) is 0 Å². The Hall–Kier alpha value is -0.570. The van der Waals surface area contributed by atoms with Crippen molar-refractivity contribution in [3.05, 3.63) is 0 Å². The molecule has 0 bridgehead atoms. The Bertz CT molecular complexity index is 200. The molecule has 1 fully saturated rings. The van der Waals surface area contributed by atoms with E-state index in [9.17, 15) is 4.79 Å². The summed E-state index contributed by atoms with van der Waals surface area (Å²) in [5, 5.41) is 3.31. The summed E-state index contributed by atoms with van der Waals surface area (Å²) in [4.78, 5) is 14.0. The SMILES string of the molecule is CCCC(C)N(C)C(=O)C1CCCCN1. The number of piperidine rings is 1. The van der Waals surface area contributed by atoms with Crippen molar-refractivity contribution in [1.29, 1.82) is 0 Å². The summed E-state index contributed by atoms with van der Waals surface area (Å²) in [7, 11) is 1.93. The molecule has 15 heavy (non-hydrogen) atoms. The summed E-state index contributed by atoms with van der Waals surface area (Å²) in [6.45, 7) is 5.28. The first-order chi connectivity index (χ1) is 7.16. The number of hydrogen-bond donors (Lipinski definition) is 1. The van der Waals surface area contributed by atoms with Gasteiger partial charge in [0.15, 0.2) is 0 Å². The Morgan fingerprint density at radius 3 is 2.80 bits per heavy atom. The fourth-order valence-electron chi connectivity index (χ4n) is 2.14. The van der Waals surface area contributed by atoms with Gasteiger partial charge in [0.1, 0.15) is 0 Å². The standard InChI is InChI=1S/C12H24N2O/c1-4-7-10(2)14(3)12(15)11-8-5-6-9-13-11/h10-11,13H,4-9H2,1-3H3. The fourth-order valence-corrected chi connectivity index (χ4v) is 2.14. The van der Waals surface area contributed by atoms with Gasteiger partial charge in [-0.1, -0.05) is 19.8 Å². The molecule has 1 N–H and O–H groups in total. The van der Waals surface area contributed by atoms with Gasteiger partial charge in [0, 0.05) is 13.1 Å². The second-order valence-corrected chi connectivity index (χ2v) is 4.59. The van der Waals surface area contributed by atoms with Crippen LogP contribution < -0.4 is 5.32 Å². The smallest absolute Gasteiger partial charge is 0.239 e. The van der Waals surface area contributed by atoms with E-state index in [2.05, 4.69) is 19.2 Å². The molecule has 3 nitrogen and oxygen atoms in total. The number of nitrogens with one attached hydrogen (secondary N) is 1. The molecule has 0 radical (unpaired) electrons. The van der Waals surface area contributed by atoms with Crippen LogP contribution in [-0.4, -0.2) is 36.5 Å². The minimum absolute atomic E-state index is 0.0723. The maximum Gasteiger partial charge on any atom is 0.239 e. The highest BCUT2D eigenvalue weighted by molar-refractivity contribution is 5.82. The highest BCUT2D eigenvalue weighted by Crippen LogP contribution is 2.12. The van der Waals surface area contributed by atoms with E-state index in [-0.39, 0.29) is 11.9 Å². The third kappa shape index (κ3) is 3.49. The van der Waals surface area contributed by atoms with Gasteiger partial charge >= 0.3 is 0 Å². The van der Waals surface area contributed by atoms with Crippen LogP contribution in [0, 0.1) is 0 Å². The van der Waals surface area contributed by atoms with Crippen LogP contribution in [-0.2, 0) is 4.79 Å². The molecule has 0 spiro atoms. The second-order valence-electron chi connectivity index (χ2n) is 4.59. The molecule has 1 aliphatic heterocycles. The van der Waals surface area contributed by atoms with Gasteiger partial charge in [0.25, 0.3) is 0 Å². The van der Waals surface area contributed by atoms with Crippen molar-refractivity contribution in [3.8, 4) is 0 Å². The van der Waals surface area contributed by atoms with Crippen LogP contribution in [0.25, 0.3) is 0 Å². The molecule has 2 atom stereocenters. The van der Waals surface area contributed by atoms with Gasteiger partial charge in [-0.15, -0.1) is 0 Å². The number of carbonyl (C=O) groups is 1. The summed E-state index contributed by atoms with van der Waals surface area (Å²) >= 11 is 0. The van der Waals surface area contributed by atoms with Crippen LogP contribution in [0.3, 0.4) is 0 Å². The van der Waals surface area contributed by atoms with Crippen molar-refractivity contribution in [2.75, 3.05) is 13.6 Å². The Kier molecular flexibility index (Phi) is 5.09. The average molecular weight is 212 g/mol. The van der Waals surface area contributed by atoms with E-state index in [1.807, 2.05) is 11.9 Å². The number of rotatable bonds is 4. The Balaban J connectivity index is 2.43. The maximum absolute atomic E-state index is 12.1. The molecule has 2 unspecified atom stereocenters. The molecule has 1 aliphatic rings. The Morgan fingerprint density at radius 1 is 1.53 bits per heavy atom. The highest BCUT2D eigenvalue weighted by Gasteiger charge is 2.25. The Morgan fingerprint density at radius 2 is 2.27 bits per heavy atom. The summed E-state index contributed by atoms with van der Waals surface area (Å²) in [6, 6.07) is 0.439. The summed E-state index contributed by atoms with van der Waals surface area (Å²) in [5.41, 5.74) is 0. The van der Waals surface area contributed by atoms with Crippen LogP contribution in [0.5, 0.6) is 0 Å². The first-order valence-corrected chi connectivity index (χ1v) is 6.17. The quantitative estimate of drug-likeness (QED) is 0.770. The monoisotopic (exact) mass is 212 g/mol. The van der Waals surface area contributed by atoms with E-state index in [0.717, 1.165) is 25.8 Å². The predicted octanol–water partition coefficient (Wildman–Crippen LogP) is 1.78. The first kappa shape index (κ1) is 12.5. The summed E-state index contributed by atoms with van der Waals surface area (Å²) < 4.78 is 0. The molecule has 0 aliphatic carbocycles. The fraction of sp³-hybridized carbons (Fsp3) is 0.917. The van der Waals surface area contributed by atoms with Crippen LogP contribution in [0.15, 0.2) is 0 Å². The predicted molar refractivity (Wildman–Crippen MR) is 62.8 cm³/mol. The lowest BCUT2D eigenvalue weighted by molar-refractivity contribution is -0.134. The van der Waals surface area contributed by atoms with Crippen molar-refractivity contribution < 1.29 is 4.79 Å². The lowest BCUT2D eigenvalue weighted by Crippen LogP contribution is -2.49. The van der Waals surface area contributed by atoms with Crippen molar-refractivity contribution in [2.24, 2.45) is 0 Å². The number of amides is 1. The molecular formula is C12H24N2O. The third-order valence-electron chi connectivity index (χ3n) is 3.32. The van der Waals surface area contributed by atoms with Crippen molar-refractivity contribution in [1.82, 2.24) is 10.2 Å². The van der Waals surface area contributed by atoms with Gasteiger partial charge in [-0.05, 0) is 32.7 Å². The zero-order valence-corrected chi connectivity index (χ0v) is 10.3. The molecule has 88 valence electrons. The molecule has 1 saturated heterocycles. The Labute approximate surface area is 93.2 Å². The normalized spacial score (nSPS) is 23.5. The average Bonchev–Trinajstić information content (AvgIpc) is 2.28. The highest BCUT2D eigenvalue weighted by atomic mass is 16.2. The van der Waals surface area contributed by atoms with E-state index in [1.54, 1.807) is 0 Å². The maximum atomic E-state index is 12.1. The molecule has 0 saturated carbocycles. The zero-order valence-electron chi connectivity index (χ0n) is 10.3. The van der Waals surface area contributed by atoms with Gasteiger partial charge in [0.2, 0.25) is 5.91 Å². The molecule has 3 heteroatoms. The number of hydrogen-bond acceptors (Lipinski definition) is 2. The van der Waals surface area contributed by atoms with Gasteiger partial charge in [-0.2, -0.15) is 0 Å². The van der Waals surface area contributed by atoms with Crippen molar-refractivity contribution in [3.63, 3.8) is 0 Å². The molecule has 0 aromatic heterocycles. The van der Waals surface area contributed by atoms with Gasteiger partial charge < -0.3 is 10.2 Å². The lowest BCUT2D eigenvalue weighted by Gasteiger charge is -2.31. The molecule has 0 aromatic carbocycles. The van der Waals surface area contributed by atoms with E-state index in [1.165, 1.54) is 12.8 Å². The third-order valence-corrected chi connectivity index (χ3v) is 3.32. The van der Waals surface area contributed by atoms with E-state index >= 15 is 0 Å². The largest absolute Gasteiger partial charge is 0.342 e. The number of likely N-dealkylation sites (N-methyl/N-ethyl adjacent to an activating group) is 1. The topological polar surface area (TPSA) is 32.3 Å². The zero-order chi connectivity index (χ0) is 11.3. The lowest BCUT2D eigenvalue weighted by atomic mass is 10.0. The number of nitrogens with zero attached hydrogens (tertiary/aromatic N) is 1. The van der Waals surface area contributed by atoms with E-state index in [4.69, 9.17) is 0 Å². The van der Waals surface area contributed by atoms with Crippen LogP contribution in [0.4, 0.5) is 0 Å².